The third kappa shape index (κ3) is 50.0. The molecule has 8 atom stereocenters. The van der Waals surface area contributed by atoms with Crippen molar-refractivity contribution in [3.05, 3.63) is 109 Å². The molecule has 506 valence electrons. The summed E-state index contributed by atoms with van der Waals surface area (Å²) >= 11 is 0. The molecule has 1 saturated heterocycles. The summed E-state index contributed by atoms with van der Waals surface area (Å²) in [6, 6.07) is -1.04. The van der Waals surface area contributed by atoms with Gasteiger partial charge in [-0.3, -0.25) is 9.59 Å². The van der Waals surface area contributed by atoms with Crippen LogP contribution < -0.4 is 5.32 Å². The summed E-state index contributed by atoms with van der Waals surface area (Å²) in [5.41, 5.74) is 0. The SMILES string of the molecule is CCCCC/C=C\C/C=C\C/C=C\C/C=C\CCCCCCCCCCCCC(O)C(=O)NC(COC1OC(CO)C(O)C(O)C1OC(=O)CCCCCCC/C=C\C/C=C\C/C=C\C/C=C\CCCCC)C(O)/C=C/CCCCCCCCCCCC. The van der Waals surface area contributed by atoms with Crippen molar-refractivity contribution in [2.24, 2.45) is 0 Å². The highest BCUT2D eigenvalue weighted by atomic mass is 16.7. The number of hydrogen-bond donors (Lipinski definition) is 6. The first-order valence-corrected chi connectivity index (χ1v) is 36.2. The lowest BCUT2D eigenvalue weighted by atomic mass is 9.99. The highest BCUT2D eigenvalue weighted by Crippen LogP contribution is 2.26. The van der Waals surface area contributed by atoms with Crippen LogP contribution in [0.1, 0.15) is 303 Å². The molecule has 0 radical (unpaired) electrons. The minimum Gasteiger partial charge on any atom is -0.454 e. The highest BCUT2D eigenvalue weighted by Gasteiger charge is 2.47. The predicted octanol–water partition coefficient (Wildman–Crippen LogP) is 18.8. The fourth-order valence-electron chi connectivity index (χ4n) is 10.7. The standard InChI is InChI=1S/C77H133NO10/c1-4-7-10-13-16-19-22-25-27-29-31-33-34-35-36-37-39-40-42-44-46-49-52-55-58-61-64-70(81)76(85)78-68(69(80)63-60-57-54-51-48-24-21-18-15-12-9-6-3)67-86-77-75(74(84)73(83)71(66-79)87-77)88-72(82)65-62-59-56-53-50-47-45-43-41-38-32-30-28-26-23-20-17-14-11-8-5-2/h16-17,19-20,25-28,31-33,35-36,38,43,45,60,63,68-71,73-75,77,79-81,83-84H,4-15,18,21-24,29-30,34,37,39-42,44,46-59,61-62,64-67H2,1-3H3,(H,78,85)/b19-16-,20-17-,27-25-,28-26-,33-31-,36-35-,38-32-,45-43-,63-60+. The zero-order valence-corrected chi connectivity index (χ0v) is 56.3. The molecule has 0 aromatic carbocycles. The van der Waals surface area contributed by atoms with Crippen LogP contribution in [-0.2, 0) is 23.8 Å². The van der Waals surface area contributed by atoms with Gasteiger partial charge in [0.15, 0.2) is 12.4 Å². The van der Waals surface area contributed by atoms with Crippen molar-refractivity contribution >= 4 is 11.9 Å². The number of nitrogens with one attached hydrogen (secondary N) is 1. The number of aliphatic hydroxyl groups is 5. The van der Waals surface area contributed by atoms with Crippen LogP contribution in [0.3, 0.4) is 0 Å². The minimum absolute atomic E-state index is 0.0977. The second-order valence-corrected chi connectivity index (χ2v) is 24.6. The Morgan fingerprint density at radius 3 is 1.19 bits per heavy atom. The van der Waals surface area contributed by atoms with Gasteiger partial charge in [0, 0.05) is 6.42 Å². The zero-order valence-electron chi connectivity index (χ0n) is 56.3. The van der Waals surface area contributed by atoms with Gasteiger partial charge in [0.05, 0.1) is 25.4 Å². The first-order valence-electron chi connectivity index (χ1n) is 36.2. The molecule has 11 heteroatoms. The van der Waals surface area contributed by atoms with Gasteiger partial charge in [-0.25, -0.2) is 0 Å². The van der Waals surface area contributed by atoms with E-state index in [-0.39, 0.29) is 19.4 Å². The Labute approximate surface area is 538 Å². The number of aliphatic hydroxyl groups excluding tert-OH is 5. The predicted molar refractivity (Wildman–Crippen MR) is 370 cm³/mol. The molecule has 0 spiro atoms. The molecule has 6 N–H and O–H groups in total. The van der Waals surface area contributed by atoms with E-state index in [0.29, 0.717) is 12.8 Å². The van der Waals surface area contributed by atoms with Crippen LogP contribution in [0.15, 0.2) is 109 Å². The number of allylic oxidation sites excluding steroid dienone is 17. The number of ether oxygens (including phenoxy) is 3. The Bertz CT molecular complexity index is 1850. The molecule has 0 aromatic rings. The number of rotatable bonds is 61. The van der Waals surface area contributed by atoms with E-state index in [1.807, 2.05) is 6.08 Å². The maximum absolute atomic E-state index is 13.5. The third-order valence-corrected chi connectivity index (χ3v) is 16.4. The first kappa shape index (κ1) is 82.3. The molecule has 11 nitrogen and oxygen atoms in total. The van der Waals surface area contributed by atoms with Crippen molar-refractivity contribution in [1.82, 2.24) is 5.32 Å². The van der Waals surface area contributed by atoms with Crippen molar-refractivity contribution in [2.45, 2.75) is 352 Å². The van der Waals surface area contributed by atoms with Crippen LogP contribution in [0, 0.1) is 0 Å². The second-order valence-electron chi connectivity index (χ2n) is 24.6. The van der Waals surface area contributed by atoms with Gasteiger partial charge in [-0.1, -0.05) is 291 Å². The van der Waals surface area contributed by atoms with Gasteiger partial charge in [0.2, 0.25) is 5.91 Å². The molecule has 0 saturated carbocycles. The summed E-state index contributed by atoms with van der Waals surface area (Å²) in [5, 5.41) is 57.3. The number of esters is 1. The topological polar surface area (TPSA) is 175 Å². The molecular weight excluding hydrogens is 1100 g/mol. The lowest BCUT2D eigenvalue weighted by Gasteiger charge is -2.41. The molecule has 1 rings (SSSR count). The number of hydrogen-bond acceptors (Lipinski definition) is 10. The molecule has 1 aliphatic rings. The van der Waals surface area contributed by atoms with Crippen molar-refractivity contribution < 1.29 is 49.3 Å². The van der Waals surface area contributed by atoms with E-state index in [1.54, 1.807) is 6.08 Å². The molecule has 1 aliphatic heterocycles. The fraction of sp³-hybridized carbons (Fsp3) is 0.740. The smallest absolute Gasteiger partial charge is 0.306 e. The molecule has 1 heterocycles. The number of unbranched alkanes of at least 4 members (excludes halogenated alkanes) is 31. The van der Waals surface area contributed by atoms with Gasteiger partial charge >= 0.3 is 5.97 Å². The summed E-state index contributed by atoms with van der Waals surface area (Å²) in [5.74, 6) is -1.22. The second kappa shape index (κ2) is 63.5. The molecular formula is C77H133NO10. The van der Waals surface area contributed by atoms with Crippen LogP contribution in [0.2, 0.25) is 0 Å². The Morgan fingerprint density at radius 1 is 0.443 bits per heavy atom. The lowest BCUT2D eigenvalue weighted by Crippen LogP contribution is -2.61. The summed E-state index contributed by atoms with van der Waals surface area (Å²) < 4.78 is 17.7. The summed E-state index contributed by atoms with van der Waals surface area (Å²) in [4.78, 5) is 26.7. The van der Waals surface area contributed by atoms with Crippen molar-refractivity contribution in [3.63, 3.8) is 0 Å². The molecule has 0 aromatic heterocycles. The summed E-state index contributed by atoms with van der Waals surface area (Å²) in [6.45, 7) is 5.74. The molecule has 1 fully saturated rings. The van der Waals surface area contributed by atoms with Gasteiger partial charge in [0.1, 0.15) is 24.4 Å². The van der Waals surface area contributed by atoms with E-state index in [2.05, 4.69) is 123 Å². The molecule has 8 unspecified atom stereocenters. The van der Waals surface area contributed by atoms with Crippen molar-refractivity contribution in [1.29, 1.82) is 0 Å². The molecule has 88 heavy (non-hydrogen) atoms. The zero-order chi connectivity index (χ0) is 63.9. The average molecular weight is 1230 g/mol. The first-order chi connectivity index (χ1) is 43.2. The maximum Gasteiger partial charge on any atom is 0.306 e. The van der Waals surface area contributed by atoms with E-state index < -0.39 is 67.4 Å². The van der Waals surface area contributed by atoms with Crippen LogP contribution in [0.25, 0.3) is 0 Å². The number of carbonyl (C=O) groups excluding carboxylic acids is 2. The van der Waals surface area contributed by atoms with Crippen LogP contribution in [0.5, 0.6) is 0 Å². The van der Waals surface area contributed by atoms with E-state index in [1.165, 1.54) is 141 Å². The van der Waals surface area contributed by atoms with Gasteiger partial charge in [-0.15, -0.1) is 0 Å². The Balaban J connectivity index is 2.59. The van der Waals surface area contributed by atoms with Crippen molar-refractivity contribution in [2.75, 3.05) is 13.2 Å². The van der Waals surface area contributed by atoms with E-state index in [0.717, 1.165) is 116 Å². The lowest BCUT2D eigenvalue weighted by molar-refractivity contribution is -0.305. The summed E-state index contributed by atoms with van der Waals surface area (Å²) in [7, 11) is 0. The van der Waals surface area contributed by atoms with Crippen LogP contribution >= 0.6 is 0 Å². The minimum atomic E-state index is -1.63. The quantitative estimate of drug-likeness (QED) is 0.0195. The monoisotopic (exact) mass is 1230 g/mol. The largest absolute Gasteiger partial charge is 0.454 e. The van der Waals surface area contributed by atoms with Gasteiger partial charge in [-0.2, -0.15) is 0 Å². The van der Waals surface area contributed by atoms with Gasteiger partial charge in [0.25, 0.3) is 0 Å². The Hall–Kier alpha value is -3.68. The van der Waals surface area contributed by atoms with Gasteiger partial charge in [-0.05, 0) is 116 Å². The fourth-order valence-corrected chi connectivity index (χ4v) is 10.7. The van der Waals surface area contributed by atoms with Crippen molar-refractivity contribution in [3.8, 4) is 0 Å². The Morgan fingerprint density at radius 2 is 0.784 bits per heavy atom. The highest BCUT2D eigenvalue weighted by molar-refractivity contribution is 5.80. The average Bonchev–Trinajstić information content (AvgIpc) is 1.25. The molecule has 0 aliphatic carbocycles. The van der Waals surface area contributed by atoms with E-state index in [9.17, 15) is 35.1 Å². The van der Waals surface area contributed by atoms with Gasteiger partial charge < -0.3 is 45.1 Å². The third-order valence-electron chi connectivity index (χ3n) is 16.4. The normalized spacial score (nSPS) is 18.8. The van der Waals surface area contributed by atoms with Crippen LogP contribution in [0.4, 0.5) is 0 Å². The number of amides is 1. The Kier molecular flexibility index (Phi) is 59.4. The van der Waals surface area contributed by atoms with Crippen LogP contribution in [-0.4, -0.2) is 99.6 Å². The summed E-state index contributed by atoms with van der Waals surface area (Å²) in [6.07, 6.45) is 76.9. The number of carbonyl (C=O) groups is 2. The van der Waals surface area contributed by atoms with E-state index >= 15 is 0 Å². The maximum atomic E-state index is 13.5. The molecule has 0 bridgehead atoms. The van der Waals surface area contributed by atoms with E-state index in [4.69, 9.17) is 14.2 Å². The molecule has 1 amide bonds.